The van der Waals surface area contributed by atoms with Gasteiger partial charge in [-0.25, -0.2) is 9.78 Å². The molecule has 0 saturated heterocycles. The van der Waals surface area contributed by atoms with Crippen molar-refractivity contribution >= 4 is 11.7 Å². The lowest BCUT2D eigenvalue weighted by molar-refractivity contribution is 0.251. The minimum absolute atomic E-state index is 0.139. The number of anilines is 1. The summed E-state index contributed by atoms with van der Waals surface area (Å²) in [6.45, 7) is 2.42. The average Bonchev–Trinajstić information content (AvgIpc) is 2.50. The molecule has 2 amide bonds. The van der Waals surface area contributed by atoms with E-state index >= 15 is 0 Å². The van der Waals surface area contributed by atoms with Gasteiger partial charge in [0.05, 0.1) is 19.1 Å². The van der Waals surface area contributed by atoms with Crippen molar-refractivity contribution in [3.05, 3.63) is 52.7 Å². The Morgan fingerprint density at radius 1 is 1.36 bits per heavy atom. The molecule has 0 fully saturated rings. The Morgan fingerprint density at radius 3 is 2.86 bits per heavy atom. The molecular weight excluding hydrogens is 284 g/mol. The van der Waals surface area contributed by atoms with Gasteiger partial charge >= 0.3 is 6.03 Å². The van der Waals surface area contributed by atoms with Gasteiger partial charge in [0.15, 0.2) is 0 Å². The number of nitrogens with one attached hydrogen (secondary N) is 2. The summed E-state index contributed by atoms with van der Waals surface area (Å²) in [5.74, 6) is 0.580. The third-order valence-electron chi connectivity index (χ3n) is 3.01. The van der Waals surface area contributed by atoms with E-state index in [1.165, 1.54) is 24.1 Å². The number of para-hydroxylation sites is 2. The molecule has 1 aromatic heterocycles. The highest BCUT2D eigenvalue weighted by Gasteiger charge is 2.06. The van der Waals surface area contributed by atoms with Gasteiger partial charge in [0.2, 0.25) is 0 Å². The first-order valence-electron chi connectivity index (χ1n) is 6.81. The first kappa shape index (κ1) is 15.6. The second-order valence-corrected chi connectivity index (χ2v) is 4.64. The number of aromatic nitrogens is 2. The maximum atomic E-state index is 11.8. The predicted molar refractivity (Wildman–Crippen MR) is 83.2 cm³/mol. The molecule has 0 aliphatic heterocycles. The van der Waals surface area contributed by atoms with Crippen molar-refractivity contribution in [2.75, 3.05) is 19.0 Å². The maximum Gasteiger partial charge on any atom is 0.319 e. The molecule has 2 aromatic rings. The number of carbonyl (C=O) groups is 1. The molecule has 22 heavy (non-hydrogen) atoms. The molecule has 0 atom stereocenters. The van der Waals surface area contributed by atoms with Gasteiger partial charge in [-0.05, 0) is 19.1 Å². The van der Waals surface area contributed by atoms with Crippen molar-refractivity contribution in [2.45, 2.75) is 13.5 Å². The minimum Gasteiger partial charge on any atom is -0.495 e. The number of aryl methyl sites for hydroxylation is 1. The van der Waals surface area contributed by atoms with E-state index in [-0.39, 0.29) is 11.6 Å². The summed E-state index contributed by atoms with van der Waals surface area (Å²) >= 11 is 0. The predicted octanol–water partition coefficient (Wildman–Crippen LogP) is 1.38. The minimum atomic E-state index is -0.363. The monoisotopic (exact) mass is 302 g/mol. The van der Waals surface area contributed by atoms with Gasteiger partial charge < -0.3 is 15.4 Å². The standard InChI is InChI=1S/C15H18N4O3/c1-11-9-14(20)19(10-17-11)8-7-16-15(21)18-12-5-3-4-6-13(12)22-2/h3-6,9-10H,7-8H2,1-2H3,(H2,16,18,21). The summed E-state index contributed by atoms with van der Waals surface area (Å²) < 4.78 is 6.59. The van der Waals surface area contributed by atoms with Gasteiger partial charge in [-0.2, -0.15) is 0 Å². The molecule has 0 aliphatic rings. The number of amides is 2. The van der Waals surface area contributed by atoms with Crippen LogP contribution in [0.2, 0.25) is 0 Å². The normalized spacial score (nSPS) is 10.1. The third-order valence-corrected chi connectivity index (χ3v) is 3.01. The van der Waals surface area contributed by atoms with Crippen LogP contribution >= 0.6 is 0 Å². The fourth-order valence-corrected chi connectivity index (χ4v) is 1.89. The van der Waals surface area contributed by atoms with Crippen LogP contribution in [0.5, 0.6) is 5.75 Å². The molecule has 0 saturated carbocycles. The second-order valence-electron chi connectivity index (χ2n) is 4.64. The van der Waals surface area contributed by atoms with Crippen LogP contribution in [0, 0.1) is 6.92 Å². The fourth-order valence-electron chi connectivity index (χ4n) is 1.89. The molecule has 0 bridgehead atoms. The number of methoxy groups -OCH3 is 1. The first-order valence-corrected chi connectivity index (χ1v) is 6.81. The fraction of sp³-hybridized carbons (Fsp3) is 0.267. The van der Waals surface area contributed by atoms with Crippen LogP contribution in [0.4, 0.5) is 10.5 Å². The number of ether oxygens (including phenoxy) is 1. The molecule has 116 valence electrons. The van der Waals surface area contributed by atoms with Crippen LogP contribution in [-0.4, -0.2) is 29.2 Å². The highest BCUT2D eigenvalue weighted by atomic mass is 16.5. The lowest BCUT2D eigenvalue weighted by Gasteiger charge is -2.11. The molecule has 1 heterocycles. The molecule has 1 aromatic carbocycles. The number of rotatable bonds is 5. The molecule has 2 rings (SSSR count). The Kier molecular flexibility index (Phi) is 5.13. The molecule has 2 N–H and O–H groups in total. The largest absolute Gasteiger partial charge is 0.495 e. The first-order chi connectivity index (χ1) is 10.6. The van der Waals surface area contributed by atoms with Gasteiger partial charge in [-0.1, -0.05) is 12.1 Å². The van der Waals surface area contributed by atoms with Crippen LogP contribution in [0.25, 0.3) is 0 Å². The van der Waals surface area contributed by atoms with Crippen LogP contribution in [0.15, 0.2) is 41.5 Å². The summed E-state index contributed by atoms with van der Waals surface area (Å²) in [5.41, 5.74) is 1.11. The van der Waals surface area contributed by atoms with E-state index in [0.717, 1.165) is 0 Å². The van der Waals surface area contributed by atoms with Crippen molar-refractivity contribution < 1.29 is 9.53 Å². The van der Waals surface area contributed by atoms with E-state index in [1.54, 1.807) is 25.1 Å². The lowest BCUT2D eigenvalue weighted by Crippen LogP contribution is -2.33. The third kappa shape index (κ3) is 4.08. The van der Waals surface area contributed by atoms with Crippen molar-refractivity contribution in [2.24, 2.45) is 0 Å². The summed E-state index contributed by atoms with van der Waals surface area (Å²) in [6, 6.07) is 8.21. The SMILES string of the molecule is COc1ccccc1NC(=O)NCCn1cnc(C)cc1=O. The van der Waals surface area contributed by atoms with Gasteiger partial charge in [0.25, 0.3) is 5.56 Å². The molecule has 0 radical (unpaired) electrons. The Hall–Kier alpha value is -2.83. The number of hydrogen-bond donors (Lipinski definition) is 2. The van der Waals surface area contributed by atoms with Crippen molar-refractivity contribution in [1.29, 1.82) is 0 Å². The van der Waals surface area contributed by atoms with E-state index in [0.29, 0.717) is 30.2 Å². The van der Waals surface area contributed by atoms with Crippen LogP contribution in [0.3, 0.4) is 0 Å². The van der Waals surface area contributed by atoms with E-state index in [9.17, 15) is 9.59 Å². The molecule has 0 unspecified atom stereocenters. The number of hydrogen-bond acceptors (Lipinski definition) is 4. The molecule has 7 heteroatoms. The van der Waals surface area contributed by atoms with Crippen LogP contribution in [0.1, 0.15) is 5.69 Å². The smallest absolute Gasteiger partial charge is 0.319 e. The van der Waals surface area contributed by atoms with Gasteiger partial charge in [-0.3, -0.25) is 9.36 Å². The molecular formula is C15H18N4O3. The van der Waals surface area contributed by atoms with Crippen molar-refractivity contribution in [3.8, 4) is 5.75 Å². The zero-order valence-corrected chi connectivity index (χ0v) is 12.5. The zero-order chi connectivity index (χ0) is 15.9. The lowest BCUT2D eigenvalue weighted by atomic mass is 10.3. The average molecular weight is 302 g/mol. The Balaban J connectivity index is 1.87. The maximum absolute atomic E-state index is 11.8. The summed E-state index contributed by atoms with van der Waals surface area (Å²) in [4.78, 5) is 27.5. The van der Waals surface area contributed by atoms with E-state index < -0.39 is 0 Å². The van der Waals surface area contributed by atoms with E-state index in [2.05, 4.69) is 15.6 Å². The highest BCUT2D eigenvalue weighted by Crippen LogP contribution is 2.22. The van der Waals surface area contributed by atoms with E-state index in [4.69, 9.17) is 4.74 Å². The van der Waals surface area contributed by atoms with Gasteiger partial charge in [-0.15, -0.1) is 0 Å². The number of carbonyl (C=O) groups excluding carboxylic acids is 1. The summed E-state index contributed by atoms with van der Waals surface area (Å²) in [6.07, 6.45) is 1.47. The zero-order valence-electron chi connectivity index (χ0n) is 12.5. The van der Waals surface area contributed by atoms with Crippen LogP contribution in [-0.2, 0) is 6.54 Å². The van der Waals surface area contributed by atoms with Gasteiger partial charge in [0.1, 0.15) is 5.75 Å². The molecule has 0 aliphatic carbocycles. The van der Waals surface area contributed by atoms with Crippen LogP contribution < -0.4 is 20.9 Å². The number of nitrogens with zero attached hydrogens (tertiary/aromatic N) is 2. The summed E-state index contributed by atoms with van der Waals surface area (Å²) in [7, 11) is 1.54. The molecule has 0 spiro atoms. The summed E-state index contributed by atoms with van der Waals surface area (Å²) in [5, 5.41) is 5.37. The number of urea groups is 1. The van der Waals surface area contributed by atoms with Crippen molar-refractivity contribution in [3.63, 3.8) is 0 Å². The van der Waals surface area contributed by atoms with Gasteiger partial charge in [0, 0.05) is 24.8 Å². The highest BCUT2D eigenvalue weighted by molar-refractivity contribution is 5.90. The van der Waals surface area contributed by atoms with E-state index in [1.807, 2.05) is 6.07 Å². The molecule has 7 nitrogen and oxygen atoms in total. The second kappa shape index (κ2) is 7.26. The Morgan fingerprint density at radius 2 is 2.14 bits per heavy atom. The number of benzene rings is 1. The van der Waals surface area contributed by atoms with Crippen molar-refractivity contribution in [1.82, 2.24) is 14.9 Å². The Labute approximate surface area is 127 Å². The Bertz CT molecular complexity index is 712. The topological polar surface area (TPSA) is 85.2 Å². The quantitative estimate of drug-likeness (QED) is 0.874.